The number of methoxy groups -OCH3 is 1. The highest BCUT2D eigenvalue weighted by molar-refractivity contribution is 5.86. The minimum atomic E-state index is -1.17. The number of carbonyl (C=O) groups is 2. The molecule has 2 N–H and O–H groups in total. The number of carbonyl (C=O) groups excluding carboxylic acids is 1. The highest BCUT2D eigenvalue weighted by atomic mass is 19.1. The minimum Gasteiger partial charge on any atom is -0.496 e. The van der Waals surface area contributed by atoms with E-state index >= 15 is 0 Å². The topological polar surface area (TPSA) is 75.6 Å². The van der Waals surface area contributed by atoms with Gasteiger partial charge in [-0.25, -0.2) is 9.18 Å². The van der Waals surface area contributed by atoms with E-state index in [1.807, 2.05) is 19.9 Å². The van der Waals surface area contributed by atoms with Gasteiger partial charge in [-0.2, -0.15) is 0 Å². The summed E-state index contributed by atoms with van der Waals surface area (Å²) in [6, 6.07) is 7.98. The molecule has 0 bridgehead atoms. The Kier molecular flexibility index (Phi) is 5.75. The van der Waals surface area contributed by atoms with Crippen LogP contribution in [0.15, 0.2) is 36.4 Å². The Hall–Kier alpha value is -2.89. The quantitative estimate of drug-likeness (QED) is 0.844. The number of carboxylic acid groups (broad SMARTS) is 1. The Balaban J connectivity index is 2.23. The Morgan fingerprint density at radius 2 is 1.96 bits per heavy atom. The van der Waals surface area contributed by atoms with Crippen molar-refractivity contribution >= 4 is 11.9 Å². The van der Waals surface area contributed by atoms with Crippen molar-refractivity contribution in [1.82, 2.24) is 5.32 Å². The van der Waals surface area contributed by atoms with Crippen molar-refractivity contribution in [2.75, 3.05) is 7.11 Å². The van der Waals surface area contributed by atoms with Crippen LogP contribution in [-0.4, -0.2) is 24.1 Å². The van der Waals surface area contributed by atoms with Crippen LogP contribution < -0.4 is 10.1 Å². The van der Waals surface area contributed by atoms with Crippen LogP contribution in [0, 0.1) is 19.7 Å². The lowest BCUT2D eigenvalue weighted by atomic mass is 9.97. The maximum atomic E-state index is 13.4. The average Bonchev–Trinajstić information content (AvgIpc) is 2.55. The number of hydrogen-bond acceptors (Lipinski definition) is 3. The first-order chi connectivity index (χ1) is 11.8. The molecular formula is C19H20FNO4. The predicted octanol–water partition coefficient (Wildman–Crippen LogP) is 2.94. The van der Waals surface area contributed by atoms with Crippen molar-refractivity contribution in [3.8, 4) is 5.75 Å². The third-order valence-electron chi connectivity index (χ3n) is 4.10. The second-order valence-corrected chi connectivity index (χ2v) is 5.76. The summed E-state index contributed by atoms with van der Waals surface area (Å²) in [7, 11) is 1.42. The third kappa shape index (κ3) is 4.35. The van der Waals surface area contributed by atoms with Crippen LogP contribution in [0.4, 0.5) is 4.39 Å². The largest absolute Gasteiger partial charge is 0.496 e. The number of halogens is 1. The van der Waals surface area contributed by atoms with E-state index in [1.165, 1.54) is 25.3 Å². The lowest BCUT2D eigenvalue weighted by Gasteiger charge is -2.18. The zero-order valence-corrected chi connectivity index (χ0v) is 14.3. The second-order valence-electron chi connectivity index (χ2n) is 5.76. The number of benzene rings is 2. The maximum Gasteiger partial charge on any atom is 0.330 e. The summed E-state index contributed by atoms with van der Waals surface area (Å²) < 4.78 is 18.5. The Morgan fingerprint density at radius 3 is 2.60 bits per heavy atom. The van der Waals surface area contributed by atoms with Crippen molar-refractivity contribution in [2.24, 2.45) is 0 Å². The molecule has 1 unspecified atom stereocenters. The summed E-state index contributed by atoms with van der Waals surface area (Å²) in [5.74, 6) is -1.81. The van der Waals surface area contributed by atoms with Gasteiger partial charge in [0.15, 0.2) is 6.04 Å². The Morgan fingerprint density at radius 1 is 1.24 bits per heavy atom. The number of ether oxygens (including phenoxy) is 1. The molecule has 0 aromatic heterocycles. The highest BCUT2D eigenvalue weighted by Gasteiger charge is 2.24. The van der Waals surface area contributed by atoms with E-state index in [0.29, 0.717) is 16.9 Å². The van der Waals surface area contributed by atoms with Gasteiger partial charge >= 0.3 is 5.97 Å². The molecule has 1 amide bonds. The van der Waals surface area contributed by atoms with Crippen LogP contribution in [0.2, 0.25) is 0 Å². The summed E-state index contributed by atoms with van der Waals surface area (Å²) in [6.07, 6.45) is -0.185. The fourth-order valence-corrected chi connectivity index (χ4v) is 2.63. The second kappa shape index (κ2) is 7.79. The van der Waals surface area contributed by atoms with E-state index in [4.69, 9.17) is 4.74 Å². The van der Waals surface area contributed by atoms with Crippen molar-refractivity contribution in [3.63, 3.8) is 0 Å². The summed E-state index contributed by atoms with van der Waals surface area (Å²) in [4.78, 5) is 24.0. The van der Waals surface area contributed by atoms with Gasteiger partial charge in [0, 0.05) is 5.56 Å². The third-order valence-corrected chi connectivity index (χ3v) is 4.10. The number of hydrogen-bond donors (Lipinski definition) is 2. The summed E-state index contributed by atoms with van der Waals surface area (Å²) in [5, 5.41) is 12.0. The molecular weight excluding hydrogens is 325 g/mol. The highest BCUT2D eigenvalue weighted by Crippen LogP contribution is 2.23. The number of amides is 1. The summed E-state index contributed by atoms with van der Waals surface area (Å²) in [6.45, 7) is 3.68. The van der Waals surface area contributed by atoms with Gasteiger partial charge < -0.3 is 15.2 Å². The molecule has 0 saturated heterocycles. The molecule has 0 aliphatic heterocycles. The smallest absolute Gasteiger partial charge is 0.330 e. The van der Waals surface area contributed by atoms with Crippen molar-refractivity contribution < 1.29 is 23.8 Å². The molecule has 2 aromatic carbocycles. The van der Waals surface area contributed by atoms with Gasteiger partial charge in [0.25, 0.3) is 0 Å². The van der Waals surface area contributed by atoms with E-state index in [1.54, 1.807) is 12.1 Å². The molecule has 0 heterocycles. The molecule has 132 valence electrons. The molecule has 6 heteroatoms. The first-order valence-corrected chi connectivity index (χ1v) is 7.74. The molecule has 25 heavy (non-hydrogen) atoms. The van der Waals surface area contributed by atoms with Gasteiger partial charge in [-0.05, 0) is 48.7 Å². The van der Waals surface area contributed by atoms with Crippen molar-refractivity contribution in [1.29, 1.82) is 0 Å². The molecule has 0 radical (unpaired) electrons. The van der Waals surface area contributed by atoms with Gasteiger partial charge in [0.05, 0.1) is 13.5 Å². The number of rotatable bonds is 6. The van der Waals surface area contributed by atoms with Gasteiger partial charge in [-0.1, -0.05) is 18.2 Å². The minimum absolute atomic E-state index is 0.185. The van der Waals surface area contributed by atoms with Crippen LogP contribution >= 0.6 is 0 Å². The Bertz CT molecular complexity index is 804. The monoisotopic (exact) mass is 345 g/mol. The summed E-state index contributed by atoms with van der Waals surface area (Å²) in [5.41, 5.74) is 2.61. The number of aliphatic carboxylic acids is 1. The fourth-order valence-electron chi connectivity index (χ4n) is 2.63. The molecule has 0 spiro atoms. The van der Waals surface area contributed by atoms with Crippen LogP contribution in [0.3, 0.4) is 0 Å². The first kappa shape index (κ1) is 18.4. The van der Waals surface area contributed by atoms with E-state index in [2.05, 4.69) is 5.32 Å². The Labute approximate surface area is 145 Å². The van der Waals surface area contributed by atoms with Crippen LogP contribution in [0.5, 0.6) is 5.75 Å². The predicted molar refractivity (Wildman–Crippen MR) is 91.1 cm³/mol. The zero-order chi connectivity index (χ0) is 18.6. The molecule has 0 fully saturated rings. The molecule has 0 aliphatic carbocycles. The number of nitrogens with one attached hydrogen (secondary N) is 1. The van der Waals surface area contributed by atoms with E-state index in [9.17, 15) is 19.1 Å². The average molecular weight is 345 g/mol. The SMILES string of the molecule is COc1ccc(F)cc1CC(=O)NC(C(=O)O)c1cccc(C)c1C. The fraction of sp³-hybridized carbons (Fsp3) is 0.263. The molecule has 0 saturated carbocycles. The first-order valence-electron chi connectivity index (χ1n) is 7.74. The van der Waals surface area contributed by atoms with Crippen LogP contribution in [0.25, 0.3) is 0 Å². The number of aryl methyl sites for hydroxylation is 1. The van der Waals surface area contributed by atoms with E-state index < -0.39 is 23.7 Å². The molecule has 0 aliphatic rings. The van der Waals surface area contributed by atoms with Crippen LogP contribution in [0.1, 0.15) is 28.3 Å². The van der Waals surface area contributed by atoms with E-state index in [0.717, 1.165) is 11.1 Å². The van der Waals surface area contributed by atoms with Gasteiger partial charge in [-0.3, -0.25) is 4.79 Å². The van der Waals surface area contributed by atoms with Gasteiger partial charge in [-0.15, -0.1) is 0 Å². The number of carboxylic acids is 1. The molecule has 5 nitrogen and oxygen atoms in total. The lowest BCUT2D eigenvalue weighted by Crippen LogP contribution is -2.35. The van der Waals surface area contributed by atoms with Gasteiger partial charge in [0.2, 0.25) is 5.91 Å². The van der Waals surface area contributed by atoms with Crippen molar-refractivity contribution in [2.45, 2.75) is 26.3 Å². The lowest BCUT2D eigenvalue weighted by molar-refractivity contribution is -0.142. The molecule has 2 rings (SSSR count). The van der Waals surface area contributed by atoms with E-state index in [-0.39, 0.29) is 6.42 Å². The molecule has 1 atom stereocenters. The maximum absolute atomic E-state index is 13.4. The summed E-state index contributed by atoms with van der Waals surface area (Å²) >= 11 is 0. The normalized spacial score (nSPS) is 11.7. The standard InChI is InChI=1S/C19H20FNO4/c1-11-5-4-6-15(12(11)2)18(19(23)24)21-17(22)10-13-9-14(20)7-8-16(13)25-3/h4-9,18H,10H2,1-3H3,(H,21,22)(H,23,24). The van der Waals surface area contributed by atoms with Crippen molar-refractivity contribution in [3.05, 3.63) is 64.5 Å². The van der Waals surface area contributed by atoms with Gasteiger partial charge in [0.1, 0.15) is 11.6 Å². The zero-order valence-electron chi connectivity index (χ0n) is 14.3. The van der Waals surface area contributed by atoms with Crippen LogP contribution in [-0.2, 0) is 16.0 Å². The molecule has 2 aromatic rings.